The van der Waals surface area contributed by atoms with Crippen LogP contribution in [0.5, 0.6) is 0 Å². The van der Waals surface area contributed by atoms with Crippen molar-refractivity contribution in [3.05, 3.63) is 0 Å². The molecule has 2 aliphatic carbocycles. The molecule has 0 aromatic carbocycles. The molecule has 4 unspecified atom stereocenters. The highest BCUT2D eigenvalue weighted by Crippen LogP contribution is 2.38. The fourth-order valence-corrected chi connectivity index (χ4v) is 3.73. The third kappa shape index (κ3) is 3.23. The highest BCUT2D eigenvalue weighted by Gasteiger charge is 2.38. The lowest BCUT2D eigenvalue weighted by Gasteiger charge is -2.44. The van der Waals surface area contributed by atoms with Crippen LogP contribution in [0.1, 0.15) is 65.2 Å². The van der Waals surface area contributed by atoms with Gasteiger partial charge in [-0.25, -0.2) is 0 Å². The second-order valence-electron chi connectivity index (χ2n) is 6.51. The molecule has 100 valence electrons. The summed E-state index contributed by atoms with van der Waals surface area (Å²) in [7, 11) is 0. The van der Waals surface area contributed by atoms with Crippen molar-refractivity contribution in [2.45, 2.75) is 76.9 Å². The van der Waals surface area contributed by atoms with Gasteiger partial charge in [0.05, 0.1) is 11.7 Å². The molecule has 2 saturated carbocycles. The Morgan fingerprint density at radius 3 is 2.53 bits per heavy atom. The molecular weight excluding hydrogens is 210 g/mol. The van der Waals surface area contributed by atoms with E-state index in [0.717, 1.165) is 11.8 Å². The van der Waals surface area contributed by atoms with Crippen LogP contribution in [-0.4, -0.2) is 18.2 Å². The molecule has 2 aliphatic rings. The van der Waals surface area contributed by atoms with Gasteiger partial charge in [-0.2, -0.15) is 0 Å². The van der Waals surface area contributed by atoms with E-state index in [1.165, 1.54) is 51.4 Å². The average molecular weight is 239 g/mol. The minimum Gasteiger partial charge on any atom is -0.370 e. The zero-order valence-corrected chi connectivity index (χ0v) is 11.6. The van der Waals surface area contributed by atoms with Gasteiger partial charge in [0.2, 0.25) is 0 Å². The highest BCUT2D eigenvalue weighted by molar-refractivity contribution is 4.90. The summed E-state index contributed by atoms with van der Waals surface area (Å²) in [5, 5.41) is 0. The Morgan fingerprint density at radius 2 is 1.88 bits per heavy atom. The third-order valence-corrected chi connectivity index (χ3v) is 4.86. The largest absolute Gasteiger partial charge is 0.370 e. The molecule has 0 amide bonds. The Kier molecular flexibility index (Phi) is 4.48. The van der Waals surface area contributed by atoms with Crippen molar-refractivity contribution in [3.8, 4) is 0 Å². The second-order valence-corrected chi connectivity index (χ2v) is 6.51. The maximum atomic E-state index is 6.53. The van der Waals surface area contributed by atoms with E-state index in [9.17, 15) is 0 Å². The van der Waals surface area contributed by atoms with E-state index in [-0.39, 0.29) is 5.60 Å². The number of hydrogen-bond donors (Lipinski definition) is 1. The average Bonchev–Trinajstić information content (AvgIpc) is 2.32. The quantitative estimate of drug-likeness (QED) is 0.818. The summed E-state index contributed by atoms with van der Waals surface area (Å²) in [5.74, 6) is 1.51. The van der Waals surface area contributed by atoms with Crippen molar-refractivity contribution in [3.63, 3.8) is 0 Å². The summed E-state index contributed by atoms with van der Waals surface area (Å²) in [5.41, 5.74) is 6.05. The molecule has 0 spiro atoms. The smallest absolute Gasteiger partial charge is 0.0810 e. The van der Waals surface area contributed by atoms with E-state index in [4.69, 9.17) is 10.5 Å². The van der Waals surface area contributed by atoms with Crippen molar-refractivity contribution in [1.82, 2.24) is 0 Å². The summed E-state index contributed by atoms with van der Waals surface area (Å²) in [6.45, 7) is 5.40. The minimum atomic E-state index is 0.00787. The normalized spacial score (nSPS) is 43.6. The Morgan fingerprint density at radius 1 is 1.12 bits per heavy atom. The molecule has 0 bridgehead atoms. The first-order chi connectivity index (χ1) is 8.15. The lowest BCUT2D eigenvalue weighted by molar-refractivity contribution is -0.141. The van der Waals surface area contributed by atoms with Gasteiger partial charge in [-0.1, -0.05) is 39.5 Å². The lowest BCUT2D eigenvalue weighted by atomic mass is 9.78. The van der Waals surface area contributed by atoms with Gasteiger partial charge in [-0.3, -0.25) is 0 Å². The van der Waals surface area contributed by atoms with Crippen LogP contribution in [0.2, 0.25) is 0 Å². The fourth-order valence-electron chi connectivity index (χ4n) is 3.73. The zero-order valence-electron chi connectivity index (χ0n) is 11.6. The number of ether oxygens (including phenoxy) is 1. The molecule has 2 fully saturated rings. The predicted octanol–water partition coefficient (Wildman–Crippen LogP) is 3.49. The Hall–Kier alpha value is -0.0800. The zero-order chi connectivity index (χ0) is 12.3. The highest BCUT2D eigenvalue weighted by atomic mass is 16.5. The molecule has 2 N–H and O–H groups in total. The molecule has 2 heteroatoms. The molecule has 0 radical (unpaired) electrons. The van der Waals surface area contributed by atoms with E-state index in [2.05, 4.69) is 13.8 Å². The van der Waals surface area contributed by atoms with Crippen molar-refractivity contribution in [2.75, 3.05) is 6.54 Å². The SMILES string of the molecule is CC1CCCC(CN)(OC2CCCCC2C)C1. The summed E-state index contributed by atoms with van der Waals surface area (Å²) in [6, 6.07) is 0. The summed E-state index contributed by atoms with van der Waals surface area (Å²) < 4.78 is 6.53. The molecule has 0 heterocycles. The van der Waals surface area contributed by atoms with E-state index >= 15 is 0 Å². The Bertz CT molecular complexity index is 243. The maximum absolute atomic E-state index is 6.53. The van der Waals surface area contributed by atoms with Crippen LogP contribution < -0.4 is 5.73 Å². The van der Waals surface area contributed by atoms with Gasteiger partial charge in [-0.05, 0) is 37.5 Å². The molecule has 2 rings (SSSR count). The van der Waals surface area contributed by atoms with Crippen LogP contribution in [0.25, 0.3) is 0 Å². The summed E-state index contributed by atoms with van der Waals surface area (Å²) >= 11 is 0. The van der Waals surface area contributed by atoms with Gasteiger partial charge in [-0.15, -0.1) is 0 Å². The van der Waals surface area contributed by atoms with Crippen LogP contribution in [0.3, 0.4) is 0 Å². The van der Waals surface area contributed by atoms with Gasteiger partial charge in [0.15, 0.2) is 0 Å². The first-order valence-electron chi connectivity index (χ1n) is 7.53. The molecule has 0 aromatic rings. The third-order valence-electron chi connectivity index (χ3n) is 4.86. The van der Waals surface area contributed by atoms with Crippen LogP contribution in [-0.2, 0) is 4.74 Å². The summed E-state index contributed by atoms with van der Waals surface area (Å²) in [4.78, 5) is 0. The van der Waals surface area contributed by atoms with Crippen LogP contribution in [0, 0.1) is 11.8 Å². The van der Waals surface area contributed by atoms with Gasteiger partial charge in [0, 0.05) is 6.54 Å². The number of nitrogens with two attached hydrogens (primary N) is 1. The van der Waals surface area contributed by atoms with Gasteiger partial charge in [0.25, 0.3) is 0 Å². The van der Waals surface area contributed by atoms with Gasteiger partial charge >= 0.3 is 0 Å². The Balaban J connectivity index is 1.97. The topological polar surface area (TPSA) is 35.2 Å². The predicted molar refractivity (Wildman–Crippen MR) is 71.9 cm³/mol. The fraction of sp³-hybridized carbons (Fsp3) is 1.00. The number of hydrogen-bond acceptors (Lipinski definition) is 2. The molecule has 0 saturated heterocycles. The van der Waals surface area contributed by atoms with Crippen LogP contribution in [0.4, 0.5) is 0 Å². The van der Waals surface area contributed by atoms with E-state index < -0.39 is 0 Å². The van der Waals surface area contributed by atoms with E-state index in [0.29, 0.717) is 12.6 Å². The van der Waals surface area contributed by atoms with Crippen molar-refractivity contribution >= 4 is 0 Å². The van der Waals surface area contributed by atoms with Crippen LogP contribution >= 0.6 is 0 Å². The van der Waals surface area contributed by atoms with Crippen molar-refractivity contribution in [1.29, 1.82) is 0 Å². The standard InChI is InChI=1S/C15H29NO/c1-12-6-5-9-15(10-12,11-16)17-14-8-4-3-7-13(14)2/h12-14H,3-11,16H2,1-2H3. The number of rotatable bonds is 3. The lowest BCUT2D eigenvalue weighted by Crippen LogP contribution is -2.48. The van der Waals surface area contributed by atoms with E-state index in [1.807, 2.05) is 0 Å². The van der Waals surface area contributed by atoms with Gasteiger partial charge in [0.1, 0.15) is 0 Å². The minimum absolute atomic E-state index is 0.00787. The monoisotopic (exact) mass is 239 g/mol. The van der Waals surface area contributed by atoms with Crippen molar-refractivity contribution in [2.24, 2.45) is 17.6 Å². The molecule has 0 aliphatic heterocycles. The Labute approximate surface area is 106 Å². The second kappa shape index (κ2) is 5.71. The first-order valence-corrected chi connectivity index (χ1v) is 7.53. The van der Waals surface area contributed by atoms with Gasteiger partial charge < -0.3 is 10.5 Å². The maximum Gasteiger partial charge on any atom is 0.0810 e. The molecule has 2 nitrogen and oxygen atoms in total. The molecule has 4 atom stereocenters. The summed E-state index contributed by atoms with van der Waals surface area (Å²) in [6.07, 6.45) is 10.8. The van der Waals surface area contributed by atoms with Crippen LogP contribution in [0.15, 0.2) is 0 Å². The molecular formula is C15H29NO. The van der Waals surface area contributed by atoms with Crippen molar-refractivity contribution < 1.29 is 4.74 Å². The molecule has 0 aromatic heterocycles. The first kappa shape index (κ1) is 13.4. The molecule has 17 heavy (non-hydrogen) atoms. The van der Waals surface area contributed by atoms with E-state index in [1.54, 1.807) is 0 Å².